The number of nitrogens with zero attached hydrogens (tertiary/aromatic N) is 8. The van der Waals surface area contributed by atoms with E-state index in [0.29, 0.717) is 26.2 Å². The molecule has 5 rings (SSSR count). The fourth-order valence-electron chi connectivity index (χ4n) is 5.69. The lowest BCUT2D eigenvalue weighted by atomic mass is 9.99. The van der Waals surface area contributed by atoms with Crippen molar-refractivity contribution in [3.05, 3.63) is 54.3 Å². The quantitative estimate of drug-likeness (QED) is 0.319. The number of hydrogen-bond acceptors (Lipinski definition) is 12. The van der Waals surface area contributed by atoms with E-state index in [2.05, 4.69) is 48.8 Å². The van der Waals surface area contributed by atoms with Crippen LogP contribution in [-0.2, 0) is 43.3 Å². The van der Waals surface area contributed by atoms with E-state index in [1.54, 1.807) is 17.9 Å². The van der Waals surface area contributed by atoms with Gasteiger partial charge in [-0.3, -0.25) is 24.8 Å². The molecule has 3 aliphatic heterocycles. The number of aromatic nitrogens is 4. The highest BCUT2D eigenvalue weighted by Crippen LogP contribution is 2.44. The Balaban J connectivity index is 1.18. The molecule has 3 saturated heterocycles. The molecule has 5 heterocycles. The number of fused-ring (bicyclic) bond motifs is 3. The molecule has 13 nitrogen and oxygen atoms in total. The van der Waals surface area contributed by atoms with Crippen LogP contribution in [0.5, 0.6) is 0 Å². The molecule has 0 radical (unpaired) electrons. The van der Waals surface area contributed by atoms with Gasteiger partial charge in [0.2, 0.25) is 0 Å². The zero-order valence-corrected chi connectivity index (χ0v) is 26.0. The molecule has 0 N–H and O–H groups in total. The molecular formula is C30H44N8O5. The smallest absolute Gasteiger partial charge is 0.190 e. The Morgan fingerprint density at radius 2 is 1.79 bits per heavy atom. The minimum absolute atomic E-state index is 0.300. The first-order valence-corrected chi connectivity index (χ1v) is 14.7. The van der Waals surface area contributed by atoms with Gasteiger partial charge in [-0.25, -0.2) is 4.68 Å². The standard InChI is InChI=1S/C30H44N8O5/c1-29(2)40-25-24(39-28-27(26(25)41-29)42-30(3,4)43-28)20-38-19-23(34-35-38)16-36(7)14-15-37(17-21(32-6)11-13-31-5)18-22-10-8-9-12-33-22/h8-13,19,24-28H,5,14-18,20H2,1-4,6-7H3/b13-11-,32-21?/t24-,25+,26+,27-,28-/m1/s1. The van der Waals surface area contributed by atoms with E-state index in [1.165, 1.54) is 0 Å². The molecule has 0 amide bonds. The molecule has 2 aromatic heterocycles. The molecule has 13 heteroatoms. The minimum atomic E-state index is -0.756. The van der Waals surface area contributed by atoms with Gasteiger partial charge in [0, 0.05) is 58.4 Å². The zero-order chi connectivity index (χ0) is 30.6. The van der Waals surface area contributed by atoms with Crippen LogP contribution in [0.15, 0.2) is 52.9 Å². The van der Waals surface area contributed by atoms with Gasteiger partial charge in [0.25, 0.3) is 0 Å². The summed E-state index contributed by atoms with van der Waals surface area (Å²) >= 11 is 0. The zero-order valence-electron chi connectivity index (χ0n) is 26.0. The molecule has 0 saturated carbocycles. The number of aliphatic imine (C=N–C) groups is 2. The van der Waals surface area contributed by atoms with Crippen LogP contribution in [0.25, 0.3) is 0 Å². The number of rotatable bonds is 13. The summed E-state index contributed by atoms with van der Waals surface area (Å²) in [5.74, 6) is -1.50. The van der Waals surface area contributed by atoms with Gasteiger partial charge in [0.15, 0.2) is 17.9 Å². The maximum absolute atomic E-state index is 6.34. The topological polar surface area (TPSA) is 121 Å². The molecule has 2 aromatic rings. The molecule has 3 aliphatic rings. The average molecular weight is 597 g/mol. The van der Waals surface area contributed by atoms with Gasteiger partial charge in [-0.1, -0.05) is 11.3 Å². The third-order valence-corrected chi connectivity index (χ3v) is 7.59. The van der Waals surface area contributed by atoms with Gasteiger partial charge < -0.3 is 23.7 Å². The lowest BCUT2D eigenvalue weighted by molar-refractivity contribution is -0.236. The van der Waals surface area contributed by atoms with Gasteiger partial charge >= 0.3 is 0 Å². The molecule has 3 fully saturated rings. The lowest BCUT2D eigenvalue weighted by Crippen LogP contribution is -2.56. The first-order chi connectivity index (χ1) is 20.5. The van der Waals surface area contributed by atoms with Gasteiger partial charge in [-0.05, 0) is 59.7 Å². The predicted octanol–water partition coefficient (Wildman–Crippen LogP) is 2.29. The summed E-state index contributed by atoms with van der Waals surface area (Å²) < 4.78 is 32.8. The first kappa shape index (κ1) is 31.5. The van der Waals surface area contributed by atoms with Crippen molar-refractivity contribution in [3.8, 4) is 0 Å². The minimum Gasteiger partial charge on any atom is -0.342 e. The van der Waals surface area contributed by atoms with E-state index in [4.69, 9.17) is 23.7 Å². The summed E-state index contributed by atoms with van der Waals surface area (Å²) in [7, 11) is 3.87. The van der Waals surface area contributed by atoms with Gasteiger partial charge in [0.1, 0.15) is 24.4 Å². The second-order valence-electron chi connectivity index (χ2n) is 12.1. The molecule has 0 spiro atoms. The number of likely N-dealkylation sites (N-methyl/N-ethyl adjacent to an activating group) is 1. The van der Waals surface area contributed by atoms with Crippen LogP contribution >= 0.6 is 0 Å². The molecule has 43 heavy (non-hydrogen) atoms. The van der Waals surface area contributed by atoms with E-state index < -0.39 is 17.9 Å². The summed E-state index contributed by atoms with van der Waals surface area (Å²) in [6.07, 6.45) is 5.47. The maximum atomic E-state index is 6.34. The van der Waals surface area contributed by atoms with E-state index >= 15 is 0 Å². The van der Waals surface area contributed by atoms with Crippen LogP contribution in [0, 0.1) is 0 Å². The fraction of sp³-hybridized carbons (Fsp3) is 0.633. The highest BCUT2D eigenvalue weighted by molar-refractivity contribution is 5.96. The van der Waals surface area contributed by atoms with Gasteiger partial charge in [0.05, 0.1) is 23.6 Å². The third kappa shape index (κ3) is 8.18. The first-order valence-electron chi connectivity index (χ1n) is 14.7. The van der Waals surface area contributed by atoms with Crippen molar-refractivity contribution in [2.24, 2.45) is 9.98 Å². The van der Waals surface area contributed by atoms with Crippen molar-refractivity contribution in [1.82, 2.24) is 29.8 Å². The molecule has 5 atom stereocenters. The van der Waals surface area contributed by atoms with E-state index in [9.17, 15) is 0 Å². The maximum Gasteiger partial charge on any atom is 0.190 e. The van der Waals surface area contributed by atoms with Crippen molar-refractivity contribution < 1.29 is 23.7 Å². The van der Waals surface area contributed by atoms with Crippen molar-refractivity contribution in [2.45, 2.75) is 89.6 Å². The normalized spacial score (nSPS) is 28.1. The van der Waals surface area contributed by atoms with Crippen LogP contribution in [-0.4, -0.2) is 118 Å². The Morgan fingerprint density at radius 1 is 1.02 bits per heavy atom. The predicted molar refractivity (Wildman–Crippen MR) is 160 cm³/mol. The Labute approximate surface area is 253 Å². The van der Waals surface area contributed by atoms with Gasteiger partial charge in [-0.15, -0.1) is 5.10 Å². The van der Waals surface area contributed by atoms with E-state index in [0.717, 1.165) is 30.2 Å². The lowest BCUT2D eigenvalue weighted by Gasteiger charge is -2.37. The van der Waals surface area contributed by atoms with Crippen LogP contribution in [0.4, 0.5) is 0 Å². The van der Waals surface area contributed by atoms with Crippen LogP contribution in [0.3, 0.4) is 0 Å². The van der Waals surface area contributed by atoms with Crippen molar-refractivity contribution in [2.75, 3.05) is 33.7 Å². The van der Waals surface area contributed by atoms with E-state index in [-0.39, 0.29) is 24.4 Å². The Morgan fingerprint density at radius 3 is 2.53 bits per heavy atom. The van der Waals surface area contributed by atoms with E-state index in [1.807, 2.05) is 64.4 Å². The second-order valence-corrected chi connectivity index (χ2v) is 12.1. The van der Waals surface area contributed by atoms with Crippen LogP contribution < -0.4 is 0 Å². The molecule has 0 unspecified atom stereocenters. The van der Waals surface area contributed by atoms with Crippen LogP contribution in [0.1, 0.15) is 39.1 Å². The number of hydrogen-bond donors (Lipinski definition) is 0. The summed E-state index contributed by atoms with van der Waals surface area (Å²) in [6, 6.07) is 5.97. The van der Waals surface area contributed by atoms with Gasteiger partial charge in [-0.2, -0.15) is 0 Å². The number of ether oxygens (including phenoxy) is 5. The van der Waals surface area contributed by atoms with Crippen molar-refractivity contribution in [3.63, 3.8) is 0 Å². The molecule has 0 aromatic carbocycles. The largest absolute Gasteiger partial charge is 0.342 e. The Kier molecular flexibility index (Phi) is 9.81. The summed E-state index contributed by atoms with van der Waals surface area (Å²) in [5, 5.41) is 8.83. The molecule has 234 valence electrons. The SMILES string of the molecule is C=N/C=C\C(CN(CCN(C)Cc1cn(C[C@H]2O[C@@H]3OC(C)(C)O[C@@H]3[C@H]3OC(C)(C)O[C@H]32)nn1)Cc1ccccn1)=NC. The molecular weight excluding hydrogens is 552 g/mol. The fourth-order valence-corrected chi connectivity index (χ4v) is 5.69. The third-order valence-electron chi connectivity index (χ3n) is 7.59. The highest BCUT2D eigenvalue weighted by atomic mass is 16.9. The Hall–Kier alpha value is -2.91. The highest BCUT2D eigenvalue weighted by Gasteiger charge is 2.60. The summed E-state index contributed by atoms with van der Waals surface area (Å²) in [6.45, 7) is 15.2. The molecule has 0 bridgehead atoms. The monoisotopic (exact) mass is 596 g/mol. The average Bonchev–Trinajstić information content (AvgIpc) is 3.63. The Bertz CT molecular complexity index is 1280. The second kappa shape index (κ2) is 13.4. The summed E-state index contributed by atoms with van der Waals surface area (Å²) in [4.78, 5) is 17.3. The summed E-state index contributed by atoms with van der Waals surface area (Å²) in [5.41, 5.74) is 2.79. The number of pyridine rings is 1. The van der Waals surface area contributed by atoms with Crippen molar-refractivity contribution >= 4 is 12.4 Å². The van der Waals surface area contributed by atoms with Crippen molar-refractivity contribution in [1.29, 1.82) is 0 Å². The van der Waals surface area contributed by atoms with Crippen LogP contribution in [0.2, 0.25) is 0 Å². The molecule has 0 aliphatic carbocycles.